The van der Waals surface area contributed by atoms with Crippen molar-refractivity contribution in [3.63, 3.8) is 0 Å². The standard InChI is InChI=1S/C14H18N4O2S2/c1-10-15-11(8-21-10)7-12-16-17-14(20-12)22-9-13(19)18-5-3-2-4-6-18/h8H,2-7,9H2,1H3. The zero-order chi connectivity index (χ0) is 15.4. The Hall–Kier alpha value is -1.41. The molecule has 1 saturated heterocycles. The Morgan fingerprint density at radius 3 is 2.91 bits per heavy atom. The lowest BCUT2D eigenvalue weighted by Crippen LogP contribution is -2.36. The van der Waals surface area contributed by atoms with Gasteiger partial charge in [0.25, 0.3) is 5.22 Å². The van der Waals surface area contributed by atoms with Crippen LogP contribution in [-0.2, 0) is 11.2 Å². The van der Waals surface area contributed by atoms with Crippen LogP contribution < -0.4 is 0 Å². The summed E-state index contributed by atoms with van der Waals surface area (Å²) in [7, 11) is 0. The highest BCUT2D eigenvalue weighted by atomic mass is 32.2. The van der Waals surface area contributed by atoms with Crippen molar-refractivity contribution in [2.45, 2.75) is 37.8 Å². The Bertz CT molecular complexity index is 634. The van der Waals surface area contributed by atoms with Crippen LogP contribution in [0.3, 0.4) is 0 Å². The van der Waals surface area contributed by atoms with Gasteiger partial charge in [0.2, 0.25) is 11.8 Å². The summed E-state index contributed by atoms with van der Waals surface area (Å²) in [5, 5.41) is 11.5. The largest absolute Gasteiger partial charge is 0.416 e. The summed E-state index contributed by atoms with van der Waals surface area (Å²) in [6.07, 6.45) is 3.97. The molecule has 1 aliphatic rings. The number of piperidine rings is 1. The molecule has 8 heteroatoms. The van der Waals surface area contributed by atoms with Gasteiger partial charge in [-0.3, -0.25) is 4.79 Å². The number of carbonyl (C=O) groups is 1. The van der Waals surface area contributed by atoms with E-state index in [1.165, 1.54) is 18.2 Å². The van der Waals surface area contributed by atoms with Crippen molar-refractivity contribution in [2.24, 2.45) is 0 Å². The van der Waals surface area contributed by atoms with Gasteiger partial charge in [0, 0.05) is 18.5 Å². The smallest absolute Gasteiger partial charge is 0.277 e. The molecule has 0 N–H and O–H groups in total. The minimum atomic E-state index is 0.152. The molecule has 0 atom stereocenters. The summed E-state index contributed by atoms with van der Waals surface area (Å²) in [6.45, 7) is 3.71. The molecule has 0 unspecified atom stereocenters. The molecule has 0 aromatic carbocycles. The van der Waals surface area contributed by atoms with Crippen molar-refractivity contribution in [2.75, 3.05) is 18.8 Å². The van der Waals surface area contributed by atoms with E-state index in [0.29, 0.717) is 23.3 Å². The van der Waals surface area contributed by atoms with Gasteiger partial charge in [0.1, 0.15) is 0 Å². The molecular weight excluding hydrogens is 320 g/mol. The Labute approximate surface area is 137 Å². The van der Waals surface area contributed by atoms with Crippen LogP contribution in [0.25, 0.3) is 0 Å². The number of carbonyl (C=O) groups excluding carboxylic acids is 1. The van der Waals surface area contributed by atoms with Crippen LogP contribution in [0.4, 0.5) is 0 Å². The van der Waals surface area contributed by atoms with E-state index in [2.05, 4.69) is 15.2 Å². The first-order valence-corrected chi connectivity index (χ1v) is 9.21. The number of aromatic nitrogens is 3. The van der Waals surface area contributed by atoms with Crippen LogP contribution in [-0.4, -0.2) is 44.8 Å². The molecule has 118 valence electrons. The molecule has 0 spiro atoms. The minimum Gasteiger partial charge on any atom is -0.416 e. The van der Waals surface area contributed by atoms with E-state index in [4.69, 9.17) is 4.42 Å². The Balaban J connectivity index is 1.50. The van der Waals surface area contributed by atoms with Gasteiger partial charge >= 0.3 is 0 Å². The van der Waals surface area contributed by atoms with Gasteiger partial charge in [-0.25, -0.2) is 4.98 Å². The summed E-state index contributed by atoms with van der Waals surface area (Å²) in [5.74, 6) is 1.05. The van der Waals surface area contributed by atoms with Gasteiger partial charge in [-0.15, -0.1) is 21.5 Å². The Morgan fingerprint density at radius 2 is 2.18 bits per heavy atom. The third kappa shape index (κ3) is 4.07. The molecule has 1 aliphatic heterocycles. The SMILES string of the molecule is Cc1nc(Cc2nnc(SCC(=O)N3CCCCC3)o2)cs1. The predicted octanol–water partition coefficient (Wildman–Crippen LogP) is 2.53. The molecule has 2 aromatic heterocycles. The molecule has 2 aromatic rings. The number of thiazole rings is 1. The zero-order valence-electron chi connectivity index (χ0n) is 12.4. The Morgan fingerprint density at radius 1 is 1.36 bits per heavy atom. The average Bonchev–Trinajstić information content (AvgIpc) is 3.15. The first kappa shape index (κ1) is 15.5. The fourth-order valence-electron chi connectivity index (χ4n) is 2.37. The lowest BCUT2D eigenvalue weighted by atomic mass is 10.1. The third-order valence-electron chi connectivity index (χ3n) is 3.48. The van der Waals surface area contributed by atoms with Crippen molar-refractivity contribution in [1.29, 1.82) is 0 Å². The second kappa shape index (κ2) is 7.23. The van der Waals surface area contributed by atoms with E-state index in [-0.39, 0.29) is 5.91 Å². The van der Waals surface area contributed by atoms with Gasteiger partial charge < -0.3 is 9.32 Å². The maximum Gasteiger partial charge on any atom is 0.277 e. The number of aryl methyl sites for hydroxylation is 1. The molecule has 6 nitrogen and oxygen atoms in total. The molecule has 0 saturated carbocycles. The maximum atomic E-state index is 12.1. The van der Waals surface area contributed by atoms with E-state index in [0.717, 1.165) is 36.6 Å². The Kier molecular flexibility index (Phi) is 5.09. The van der Waals surface area contributed by atoms with Crippen molar-refractivity contribution < 1.29 is 9.21 Å². The molecule has 1 amide bonds. The van der Waals surface area contributed by atoms with E-state index in [1.807, 2.05) is 17.2 Å². The maximum absolute atomic E-state index is 12.1. The third-order valence-corrected chi connectivity index (χ3v) is 5.10. The van der Waals surface area contributed by atoms with E-state index in [1.54, 1.807) is 11.3 Å². The summed E-state index contributed by atoms with van der Waals surface area (Å²) < 4.78 is 5.57. The van der Waals surface area contributed by atoms with Crippen molar-refractivity contribution in [3.05, 3.63) is 22.0 Å². The highest BCUT2D eigenvalue weighted by Crippen LogP contribution is 2.20. The fraction of sp³-hybridized carbons (Fsp3) is 0.571. The average molecular weight is 338 g/mol. The quantitative estimate of drug-likeness (QED) is 0.780. The summed E-state index contributed by atoms with van der Waals surface area (Å²) in [6, 6.07) is 0. The molecular formula is C14H18N4O2S2. The second-order valence-corrected chi connectivity index (χ2v) is 7.22. The zero-order valence-corrected chi connectivity index (χ0v) is 14.1. The monoisotopic (exact) mass is 338 g/mol. The van der Waals surface area contributed by atoms with Crippen LogP contribution >= 0.6 is 23.1 Å². The molecule has 1 fully saturated rings. The van der Waals surface area contributed by atoms with Gasteiger partial charge in [-0.1, -0.05) is 11.8 Å². The van der Waals surface area contributed by atoms with Crippen LogP contribution in [0, 0.1) is 6.92 Å². The van der Waals surface area contributed by atoms with Gasteiger partial charge in [-0.05, 0) is 26.2 Å². The topological polar surface area (TPSA) is 72.1 Å². The second-order valence-electron chi connectivity index (χ2n) is 5.23. The summed E-state index contributed by atoms with van der Waals surface area (Å²) in [5.41, 5.74) is 0.937. The van der Waals surface area contributed by atoms with Crippen molar-refractivity contribution in [3.8, 4) is 0 Å². The van der Waals surface area contributed by atoms with E-state index in [9.17, 15) is 4.79 Å². The van der Waals surface area contributed by atoms with Crippen LogP contribution in [0.15, 0.2) is 15.0 Å². The van der Waals surface area contributed by atoms with Crippen molar-refractivity contribution in [1.82, 2.24) is 20.1 Å². The molecule has 0 aliphatic carbocycles. The number of rotatable bonds is 5. The first-order chi connectivity index (χ1) is 10.7. The van der Waals surface area contributed by atoms with Crippen molar-refractivity contribution >= 4 is 29.0 Å². The predicted molar refractivity (Wildman–Crippen MR) is 85.1 cm³/mol. The van der Waals surface area contributed by atoms with Gasteiger partial charge in [-0.2, -0.15) is 0 Å². The highest BCUT2D eigenvalue weighted by Gasteiger charge is 2.18. The molecule has 3 rings (SSSR count). The first-order valence-electron chi connectivity index (χ1n) is 7.34. The number of thioether (sulfide) groups is 1. The minimum absolute atomic E-state index is 0.152. The van der Waals surface area contributed by atoms with Crippen LogP contribution in [0.2, 0.25) is 0 Å². The van der Waals surface area contributed by atoms with Gasteiger partial charge in [0.05, 0.1) is 22.9 Å². The lowest BCUT2D eigenvalue weighted by molar-refractivity contribution is -0.129. The highest BCUT2D eigenvalue weighted by molar-refractivity contribution is 7.99. The fourth-order valence-corrected chi connectivity index (χ4v) is 3.67. The summed E-state index contributed by atoms with van der Waals surface area (Å²) in [4.78, 5) is 18.4. The summed E-state index contributed by atoms with van der Waals surface area (Å²) >= 11 is 2.91. The molecule has 22 heavy (non-hydrogen) atoms. The molecule has 0 bridgehead atoms. The molecule has 3 heterocycles. The number of likely N-dealkylation sites (tertiary alicyclic amines) is 1. The van der Waals surface area contributed by atoms with E-state index >= 15 is 0 Å². The van der Waals surface area contributed by atoms with Crippen LogP contribution in [0.5, 0.6) is 0 Å². The number of hydrogen-bond donors (Lipinski definition) is 0. The van der Waals surface area contributed by atoms with Gasteiger partial charge in [0.15, 0.2) is 0 Å². The number of hydrogen-bond acceptors (Lipinski definition) is 7. The number of amides is 1. The molecule has 0 radical (unpaired) electrons. The van der Waals surface area contributed by atoms with E-state index < -0.39 is 0 Å². The normalized spacial score (nSPS) is 15.2. The van der Waals surface area contributed by atoms with Crippen LogP contribution in [0.1, 0.15) is 35.9 Å². The number of nitrogens with zero attached hydrogens (tertiary/aromatic N) is 4. The lowest BCUT2D eigenvalue weighted by Gasteiger charge is -2.26.